The Bertz CT molecular complexity index is 682. The lowest BCUT2D eigenvalue weighted by Crippen LogP contribution is -2.37. The van der Waals surface area contributed by atoms with Gasteiger partial charge in [-0.25, -0.2) is 0 Å². The number of hydrogen-bond donors (Lipinski definition) is 0. The summed E-state index contributed by atoms with van der Waals surface area (Å²) in [4.78, 5) is 8.95. The predicted octanol–water partition coefficient (Wildman–Crippen LogP) is 1.43. The van der Waals surface area contributed by atoms with Gasteiger partial charge in [0.05, 0.1) is 19.8 Å². The Morgan fingerprint density at radius 3 is 2.72 bits per heavy atom. The van der Waals surface area contributed by atoms with E-state index in [-0.39, 0.29) is 0 Å². The molecule has 0 spiro atoms. The zero-order chi connectivity index (χ0) is 17.1. The van der Waals surface area contributed by atoms with Crippen LogP contribution in [0.15, 0.2) is 24.5 Å². The summed E-state index contributed by atoms with van der Waals surface area (Å²) in [6.07, 6.45) is 6.08. The molecule has 1 atom stereocenters. The third-order valence-electron chi connectivity index (χ3n) is 5.28. The van der Waals surface area contributed by atoms with Gasteiger partial charge in [-0.05, 0) is 25.0 Å². The average molecular weight is 342 g/mol. The number of rotatable bonds is 4. The topological polar surface area (TPSA) is 59.3 Å². The minimum Gasteiger partial charge on any atom is -0.379 e. The molecular formula is C18H26N6O. The van der Waals surface area contributed by atoms with Crippen molar-refractivity contribution >= 4 is 5.69 Å². The Morgan fingerprint density at radius 1 is 1.12 bits per heavy atom. The molecule has 134 valence electrons. The molecule has 0 saturated carbocycles. The maximum Gasteiger partial charge on any atom is 0.146 e. The molecule has 2 aliphatic rings. The zero-order valence-electron chi connectivity index (χ0n) is 14.8. The lowest BCUT2D eigenvalue weighted by atomic mass is 9.96. The number of morpholine rings is 1. The minimum atomic E-state index is 0.429. The monoisotopic (exact) mass is 342 g/mol. The smallest absolute Gasteiger partial charge is 0.146 e. The molecule has 0 N–H and O–H groups in total. The number of anilines is 1. The van der Waals surface area contributed by atoms with Crippen LogP contribution >= 0.6 is 0 Å². The second kappa shape index (κ2) is 7.49. The van der Waals surface area contributed by atoms with Crippen LogP contribution in [-0.4, -0.2) is 64.0 Å². The summed E-state index contributed by atoms with van der Waals surface area (Å²) in [5.41, 5.74) is 1.25. The molecule has 2 aromatic heterocycles. The van der Waals surface area contributed by atoms with E-state index in [0.29, 0.717) is 5.92 Å². The van der Waals surface area contributed by atoms with Gasteiger partial charge in [-0.15, -0.1) is 10.2 Å². The summed E-state index contributed by atoms with van der Waals surface area (Å²) in [7, 11) is 2.11. The maximum atomic E-state index is 5.43. The van der Waals surface area contributed by atoms with Crippen molar-refractivity contribution in [2.45, 2.75) is 25.3 Å². The van der Waals surface area contributed by atoms with E-state index in [1.165, 1.54) is 18.5 Å². The van der Waals surface area contributed by atoms with Gasteiger partial charge >= 0.3 is 0 Å². The lowest BCUT2D eigenvalue weighted by Gasteiger charge is -2.34. The Kier molecular flexibility index (Phi) is 4.94. The second-order valence-electron chi connectivity index (χ2n) is 6.91. The molecule has 0 aliphatic carbocycles. The molecule has 2 aliphatic heterocycles. The van der Waals surface area contributed by atoms with Crippen molar-refractivity contribution in [2.24, 2.45) is 7.05 Å². The predicted molar refractivity (Wildman–Crippen MR) is 95.5 cm³/mol. The lowest BCUT2D eigenvalue weighted by molar-refractivity contribution is 0.0326. The van der Waals surface area contributed by atoms with Gasteiger partial charge in [-0.1, -0.05) is 0 Å². The molecule has 0 bridgehead atoms. The van der Waals surface area contributed by atoms with E-state index in [9.17, 15) is 0 Å². The molecule has 2 aromatic rings. The van der Waals surface area contributed by atoms with Crippen LogP contribution in [0, 0.1) is 0 Å². The summed E-state index contributed by atoms with van der Waals surface area (Å²) < 4.78 is 7.63. The number of aromatic nitrogens is 4. The molecule has 2 saturated heterocycles. The van der Waals surface area contributed by atoms with Crippen molar-refractivity contribution in [2.75, 3.05) is 44.3 Å². The first kappa shape index (κ1) is 16.5. The van der Waals surface area contributed by atoms with Crippen molar-refractivity contribution in [1.29, 1.82) is 0 Å². The largest absolute Gasteiger partial charge is 0.379 e. The van der Waals surface area contributed by atoms with Gasteiger partial charge in [-0.3, -0.25) is 9.88 Å². The first-order valence-corrected chi connectivity index (χ1v) is 9.14. The highest BCUT2D eigenvalue weighted by molar-refractivity contribution is 5.45. The van der Waals surface area contributed by atoms with Gasteiger partial charge in [0.1, 0.15) is 11.6 Å². The van der Waals surface area contributed by atoms with Crippen molar-refractivity contribution in [3.05, 3.63) is 36.2 Å². The average Bonchev–Trinajstić information content (AvgIpc) is 3.04. The molecule has 25 heavy (non-hydrogen) atoms. The van der Waals surface area contributed by atoms with E-state index >= 15 is 0 Å². The SMILES string of the molecule is Cn1c(CN2CCOCC2)nnc1[C@@H]1CCCN(c2ccncc2)C1. The van der Waals surface area contributed by atoms with Gasteiger partial charge < -0.3 is 14.2 Å². The van der Waals surface area contributed by atoms with Gasteiger partial charge in [0.15, 0.2) is 0 Å². The first-order chi connectivity index (χ1) is 12.3. The van der Waals surface area contributed by atoms with E-state index in [1.54, 1.807) is 0 Å². The molecule has 0 amide bonds. The quantitative estimate of drug-likeness (QED) is 0.838. The summed E-state index contributed by atoms with van der Waals surface area (Å²) >= 11 is 0. The van der Waals surface area contributed by atoms with Gasteiger partial charge in [-0.2, -0.15) is 0 Å². The standard InChI is InChI=1S/C18H26N6O/c1-22-17(14-23-9-11-25-12-10-23)20-21-18(22)15-3-2-8-24(13-15)16-4-6-19-7-5-16/h4-7,15H,2-3,8-14H2,1H3/t15-/m1/s1. The van der Waals surface area contributed by atoms with Crippen LogP contribution < -0.4 is 4.90 Å². The number of ether oxygens (including phenoxy) is 1. The highest BCUT2D eigenvalue weighted by atomic mass is 16.5. The molecule has 7 heteroatoms. The van der Waals surface area contributed by atoms with E-state index < -0.39 is 0 Å². The molecule has 2 fully saturated rings. The third-order valence-corrected chi connectivity index (χ3v) is 5.28. The van der Waals surface area contributed by atoms with Gasteiger partial charge in [0.25, 0.3) is 0 Å². The Hall–Kier alpha value is -1.99. The number of pyridine rings is 1. The number of piperidine rings is 1. The summed E-state index contributed by atoms with van der Waals surface area (Å²) in [5, 5.41) is 9.03. The number of hydrogen-bond acceptors (Lipinski definition) is 6. The molecule has 0 unspecified atom stereocenters. The van der Waals surface area contributed by atoms with Crippen molar-refractivity contribution < 1.29 is 4.74 Å². The maximum absolute atomic E-state index is 5.43. The summed E-state index contributed by atoms with van der Waals surface area (Å²) in [6.45, 7) is 6.52. The van der Waals surface area contributed by atoms with Crippen molar-refractivity contribution in [3.63, 3.8) is 0 Å². The van der Waals surface area contributed by atoms with E-state index in [4.69, 9.17) is 4.74 Å². The van der Waals surface area contributed by atoms with Crippen LogP contribution in [-0.2, 0) is 18.3 Å². The van der Waals surface area contributed by atoms with Crippen LogP contribution in [0.3, 0.4) is 0 Å². The normalized spacial score (nSPS) is 22.3. The number of nitrogens with zero attached hydrogens (tertiary/aromatic N) is 6. The van der Waals surface area contributed by atoms with Gasteiger partial charge in [0, 0.05) is 57.2 Å². The fourth-order valence-corrected chi connectivity index (χ4v) is 3.81. The van der Waals surface area contributed by atoms with Crippen LogP contribution in [0.5, 0.6) is 0 Å². The zero-order valence-corrected chi connectivity index (χ0v) is 14.8. The van der Waals surface area contributed by atoms with Crippen LogP contribution in [0.4, 0.5) is 5.69 Å². The minimum absolute atomic E-state index is 0.429. The molecule has 0 aromatic carbocycles. The summed E-state index contributed by atoms with van der Waals surface area (Å²) in [5.74, 6) is 2.60. The van der Waals surface area contributed by atoms with Crippen molar-refractivity contribution in [3.8, 4) is 0 Å². The highest BCUT2D eigenvalue weighted by Crippen LogP contribution is 2.29. The van der Waals surface area contributed by atoms with E-state index in [2.05, 4.69) is 48.7 Å². The van der Waals surface area contributed by atoms with Crippen molar-refractivity contribution in [1.82, 2.24) is 24.6 Å². The molecular weight excluding hydrogens is 316 g/mol. The molecule has 0 radical (unpaired) electrons. The molecule has 4 heterocycles. The van der Waals surface area contributed by atoms with Crippen LogP contribution in [0.25, 0.3) is 0 Å². The Labute approximate surface area is 148 Å². The Balaban J connectivity index is 1.46. The van der Waals surface area contributed by atoms with Crippen LogP contribution in [0.2, 0.25) is 0 Å². The fourth-order valence-electron chi connectivity index (χ4n) is 3.81. The summed E-state index contributed by atoms with van der Waals surface area (Å²) in [6, 6.07) is 4.17. The van der Waals surface area contributed by atoms with E-state index in [0.717, 1.165) is 57.6 Å². The fraction of sp³-hybridized carbons (Fsp3) is 0.611. The molecule has 7 nitrogen and oxygen atoms in total. The van der Waals surface area contributed by atoms with Gasteiger partial charge in [0.2, 0.25) is 0 Å². The third kappa shape index (κ3) is 3.67. The Morgan fingerprint density at radius 2 is 1.92 bits per heavy atom. The molecule has 4 rings (SSSR count). The highest BCUT2D eigenvalue weighted by Gasteiger charge is 2.26. The van der Waals surface area contributed by atoms with E-state index in [1.807, 2.05) is 12.4 Å². The second-order valence-corrected chi connectivity index (χ2v) is 6.91. The van der Waals surface area contributed by atoms with Crippen LogP contribution in [0.1, 0.15) is 30.4 Å². The first-order valence-electron chi connectivity index (χ1n) is 9.14.